The molecule has 21 heavy (non-hydrogen) atoms. The van der Waals surface area contributed by atoms with E-state index in [2.05, 4.69) is 0 Å². The molecule has 1 unspecified atom stereocenters. The number of benzene rings is 1. The summed E-state index contributed by atoms with van der Waals surface area (Å²) in [6.07, 6.45) is 2.73. The molecule has 0 bridgehead atoms. The van der Waals surface area contributed by atoms with E-state index in [1.54, 1.807) is 4.90 Å². The zero-order valence-electron chi connectivity index (χ0n) is 12.7. The van der Waals surface area contributed by atoms with Crippen LogP contribution in [0, 0.1) is 5.41 Å². The number of piperidine rings is 1. The van der Waals surface area contributed by atoms with E-state index in [9.17, 15) is 14.7 Å². The topological polar surface area (TPSA) is 57.6 Å². The second-order valence-corrected chi connectivity index (χ2v) is 6.41. The molecule has 1 N–H and O–H groups in total. The zero-order valence-corrected chi connectivity index (χ0v) is 12.7. The van der Waals surface area contributed by atoms with E-state index in [0.717, 1.165) is 18.4 Å². The van der Waals surface area contributed by atoms with E-state index < -0.39 is 12.0 Å². The van der Waals surface area contributed by atoms with Crippen LogP contribution in [-0.4, -0.2) is 34.5 Å². The van der Waals surface area contributed by atoms with Gasteiger partial charge in [-0.1, -0.05) is 44.2 Å². The Labute approximate surface area is 125 Å². The Bertz CT molecular complexity index is 510. The number of carbonyl (C=O) groups excluding carboxylic acids is 1. The number of carbonyl (C=O) groups is 2. The van der Waals surface area contributed by atoms with Crippen LogP contribution in [0.25, 0.3) is 0 Å². The SMILES string of the molecule is CC1(C)CCCN(C(=O)CCc2ccccc2)C1C(=O)O. The molecule has 0 radical (unpaired) electrons. The first-order valence-electron chi connectivity index (χ1n) is 7.48. The first-order valence-corrected chi connectivity index (χ1v) is 7.48. The van der Waals surface area contributed by atoms with Crippen LogP contribution in [0.4, 0.5) is 0 Å². The Balaban J connectivity index is 2.04. The van der Waals surface area contributed by atoms with Crippen LogP contribution in [0.3, 0.4) is 0 Å². The first kappa shape index (κ1) is 15.5. The molecule has 1 saturated heterocycles. The molecule has 1 aromatic carbocycles. The highest BCUT2D eigenvalue weighted by molar-refractivity contribution is 5.84. The molecule has 0 saturated carbocycles. The zero-order chi connectivity index (χ0) is 15.5. The van der Waals surface area contributed by atoms with Crippen molar-refractivity contribution in [3.8, 4) is 0 Å². The largest absolute Gasteiger partial charge is 0.480 e. The third kappa shape index (κ3) is 3.63. The average Bonchev–Trinajstić information content (AvgIpc) is 2.44. The Morgan fingerprint density at radius 3 is 2.57 bits per heavy atom. The van der Waals surface area contributed by atoms with Gasteiger partial charge in [0.15, 0.2) is 0 Å². The van der Waals surface area contributed by atoms with E-state index in [4.69, 9.17) is 0 Å². The number of aliphatic carboxylic acids is 1. The predicted octanol–water partition coefficient (Wildman–Crippen LogP) is 2.72. The van der Waals surface area contributed by atoms with Gasteiger partial charge in [-0.3, -0.25) is 4.79 Å². The minimum absolute atomic E-state index is 0.0565. The van der Waals surface area contributed by atoms with Crippen molar-refractivity contribution in [2.75, 3.05) is 6.54 Å². The number of nitrogens with zero attached hydrogens (tertiary/aromatic N) is 1. The molecule has 0 aliphatic carbocycles. The normalized spacial score (nSPS) is 21.0. The molecule has 0 aromatic heterocycles. The third-order valence-corrected chi connectivity index (χ3v) is 4.30. The maximum atomic E-state index is 12.4. The predicted molar refractivity (Wildman–Crippen MR) is 80.9 cm³/mol. The number of likely N-dealkylation sites (tertiary alicyclic amines) is 1. The lowest BCUT2D eigenvalue weighted by atomic mass is 9.76. The molecule has 1 amide bonds. The first-order chi connectivity index (χ1) is 9.92. The van der Waals surface area contributed by atoms with Crippen molar-refractivity contribution in [1.29, 1.82) is 0 Å². The minimum atomic E-state index is -0.896. The lowest BCUT2D eigenvalue weighted by Crippen LogP contribution is -2.56. The monoisotopic (exact) mass is 289 g/mol. The lowest BCUT2D eigenvalue weighted by molar-refractivity contribution is -0.158. The van der Waals surface area contributed by atoms with Crippen molar-refractivity contribution in [3.63, 3.8) is 0 Å². The molecule has 1 atom stereocenters. The van der Waals surface area contributed by atoms with Gasteiger partial charge in [0.1, 0.15) is 6.04 Å². The Kier molecular flexibility index (Phi) is 4.66. The summed E-state index contributed by atoms with van der Waals surface area (Å²) in [5.74, 6) is -0.952. The standard InChI is InChI=1S/C17H23NO3/c1-17(2)11-6-12-18(15(17)16(20)21)14(19)10-9-13-7-4-3-5-8-13/h3-5,7-8,15H,6,9-12H2,1-2H3,(H,20,21). The van der Waals surface area contributed by atoms with Gasteiger partial charge in [0.05, 0.1) is 0 Å². The van der Waals surface area contributed by atoms with Gasteiger partial charge in [-0.25, -0.2) is 4.79 Å². The summed E-state index contributed by atoms with van der Waals surface area (Å²) in [6.45, 7) is 4.42. The van der Waals surface area contributed by atoms with Crippen molar-refractivity contribution >= 4 is 11.9 Å². The van der Waals surface area contributed by atoms with E-state index in [-0.39, 0.29) is 11.3 Å². The molecule has 114 valence electrons. The molecule has 1 aromatic rings. The van der Waals surface area contributed by atoms with Gasteiger partial charge in [-0.15, -0.1) is 0 Å². The number of rotatable bonds is 4. The van der Waals surface area contributed by atoms with E-state index in [1.807, 2.05) is 44.2 Å². The molecule has 4 nitrogen and oxygen atoms in total. The van der Waals surface area contributed by atoms with Gasteiger partial charge in [0.2, 0.25) is 5.91 Å². The fourth-order valence-corrected chi connectivity index (χ4v) is 3.17. The summed E-state index contributed by atoms with van der Waals surface area (Å²) in [5, 5.41) is 9.48. The van der Waals surface area contributed by atoms with Gasteiger partial charge >= 0.3 is 5.97 Å². The number of amides is 1. The Morgan fingerprint density at radius 1 is 1.29 bits per heavy atom. The highest BCUT2D eigenvalue weighted by Crippen LogP contribution is 2.35. The van der Waals surface area contributed by atoms with Crippen molar-refractivity contribution in [1.82, 2.24) is 4.90 Å². The molecule has 4 heteroatoms. The minimum Gasteiger partial charge on any atom is -0.480 e. The van der Waals surface area contributed by atoms with Gasteiger partial charge in [0, 0.05) is 13.0 Å². The van der Waals surface area contributed by atoms with Gasteiger partial charge in [-0.05, 0) is 30.2 Å². The summed E-state index contributed by atoms with van der Waals surface area (Å²) < 4.78 is 0. The summed E-state index contributed by atoms with van der Waals surface area (Å²) >= 11 is 0. The van der Waals surface area contributed by atoms with Crippen LogP contribution in [0.2, 0.25) is 0 Å². The number of hydrogen-bond acceptors (Lipinski definition) is 2. The van der Waals surface area contributed by atoms with Gasteiger partial charge < -0.3 is 10.0 Å². The second-order valence-electron chi connectivity index (χ2n) is 6.41. The highest BCUT2D eigenvalue weighted by Gasteiger charge is 2.44. The molecule has 0 spiro atoms. The molecule has 1 fully saturated rings. The van der Waals surface area contributed by atoms with Gasteiger partial charge in [0.25, 0.3) is 0 Å². The van der Waals surface area contributed by atoms with Crippen LogP contribution in [0.1, 0.15) is 38.7 Å². The molecule has 1 aliphatic heterocycles. The molecular formula is C17H23NO3. The van der Waals surface area contributed by atoms with Crippen molar-refractivity contribution < 1.29 is 14.7 Å². The smallest absolute Gasteiger partial charge is 0.326 e. The van der Waals surface area contributed by atoms with Crippen LogP contribution in [-0.2, 0) is 16.0 Å². The van der Waals surface area contributed by atoms with Crippen LogP contribution < -0.4 is 0 Å². The number of aryl methyl sites for hydroxylation is 1. The van der Waals surface area contributed by atoms with E-state index in [0.29, 0.717) is 19.4 Å². The molecule has 2 rings (SSSR count). The van der Waals surface area contributed by atoms with Crippen LogP contribution in [0.15, 0.2) is 30.3 Å². The number of carboxylic acid groups (broad SMARTS) is 1. The van der Waals surface area contributed by atoms with Gasteiger partial charge in [-0.2, -0.15) is 0 Å². The number of carboxylic acids is 1. The fraction of sp³-hybridized carbons (Fsp3) is 0.529. The average molecular weight is 289 g/mol. The van der Waals surface area contributed by atoms with Crippen LogP contribution in [0.5, 0.6) is 0 Å². The Hall–Kier alpha value is -1.84. The van der Waals surface area contributed by atoms with E-state index in [1.165, 1.54) is 0 Å². The van der Waals surface area contributed by atoms with E-state index >= 15 is 0 Å². The molecule has 1 heterocycles. The maximum absolute atomic E-state index is 12.4. The molecular weight excluding hydrogens is 266 g/mol. The Morgan fingerprint density at radius 2 is 1.95 bits per heavy atom. The highest BCUT2D eigenvalue weighted by atomic mass is 16.4. The lowest BCUT2D eigenvalue weighted by Gasteiger charge is -2.44. The summed E-state index contributed by atoms with van der Waals surface area (Å²) in [4.78, 5) is 25.6. The summed E-state index contributed by atoms with van der Waals surface area (Å²) in [5.41, 5.74) is 0.737. The van der Waals surface area contributed by atoms with Crippen LogP contribution >= 0.6 is 0 Å². The summed E-state index contributed by atoms with van der Waals surface area (Å²) in [7, 11) is 0. The fourth-order valence-electron chi connectivity index (χ4n) is 3.17. The maximum Gasteiger partial charge on any atom is 0.326 e. The van der Waals surface area contributed by atoms with Crippen molar-refractivity contribution in [3.05, 3.63) is 35.9 Å². The number of hydrogen-bond donors (Lipinski definition) is 1. The van der Waals surface area contributed by atoms with Crippen molar-refractivity contribution in [2.45, 2.75) is 45.6 Å². The molecule has 1 aliphatic rings. The quantitative estimate of drug-likeness (QED) is 0.927. The summed E-state index contributed by atoms with van der Waals surface area (Å²) in [6, 6.07) is 9.10. The third-order valence-electron chi connectivity index (χ3n) is 4.30. The second kappa shape index (κ2) is 6.29. The van der Waals surface area contributed by atoms with Crippen molar-refractivity contribution in [2.24, 2.45) is 5.41 Å².